The minimum atomic E-state index is -4.17. The van der Waals surface area contributed by atoms with Crippen LogP contribution in [0.1, 0.15) is 39.0 Å². The Balaban J connectivity index is 1.88. The van der Waals surface area contributed by atoms with E-state index in [1.807, 2.05) is 0 Å². The summed E-state index contributed by atoms with van der Waals surface area (Å²) in [6.07, 6.45) is -2.01. The van der Waals surface area contributed by atoms with Crippen LogP contribution in [0.2, 0.25) is 0 Å². The van der Waals surface area contributed by atoms with Crippen molar-refractivity contribution < 1.29 is 18.0 Å². The number of carbonyl (C=O) groups is 1. The lowest BCUT2D eigenvalue weighted by molar-refractivity contribution is -0.186. The predicted octanol–water partition coefficient (Wildman–Crippen LogP) is 2.47. The van der Waals surface area contributed by atoms with Gasteiger partial charge in [0, 0.05) is 18.5 Å². The first kappa shape index (κ1) is 15.6. The smallest absolute Gasteiger partial charge is 0.352 e. The van der Waals surface area contributed by atoms with Crippen molar-refractivity contribution in [3.8, 4) is 0 Å². The highest BCUT2D eigenvalue weighted by molar-refractivity contribution is 5.79. The van der Waals surface area contributed by atoms with Gasteiger partial charge in [0.2, 0.25) is 5.91 Å². The number of alkyl halides is 3. The molecule has 20 heavy (non-hydrogen) atoms. The van der Waals surface area contributed by atoms with E-state index in [4.69, 9.17) is 0 Å². The maximum atomic E-state index is 12.8. The molecule has 1 amide bonds. The molecule has 1 heterocycles. The molecule has 1 aliphatic carbocycles. The Morgan fingerprint density at radius 3 is 2.65 bits per heavy atom. The highest BCUT2D eigenvalue weighted by Gasteiger charge is 2.43. The van der Waals surface area contributed by atoms with E-state index >= 15 is 0 Å². The van der Waals surface area contributed by atoms with Crippen LogP contribution in [0.4, 0.5) is 13.2 Å². The fraction of sp³-hybridized carbons (Fsp3) is 0.929. The molecule has 0 radical (unpaired) electrons. The molecule has 1 saturated heterocycles. The molecule has 0 aromatic rings. The maximum Gasteiger partial charge on any atom is 0.391 e. The minimum Gasteiger partial charge on any atom is -0.352 e. The van der Waals surface area contributed by atoms with Gasteiger partial charge in [0.25, 0.3) is 0 Å². The summed E-state index contributed by atoms with van der Waals surface area (Å²) in [5, 5.41) is 6.15. The molecule has 4 atom stereocenters. The third-order valence-electron chi connectivity index (χ3n) is 4.66. The number of halogens is 3. The third kappa shape index (κ3) is 3.87. The fourth-order valence-electron chi connectivity index (χ4n) is 3.21. The summed E-state index contributed by atoms with van der Waals surface area (Å²) in [7, 11) is 0. The van der Waals surface area contributed by atoms with Crippen LogP contribution in [0.5, 0.6) is 0 Å². The summed E-state index contributed by atoms with van der Waals surface area (Å²) >= 11 is 0. The largest absolute Gasteiger partial charge is 0.391 e. The molecule has 6 heteroatoms. The van der Waals surface area contributed by atoms with Crippen molar-refractivity contribution in [1.82, 2.24) is 10.6 Å². The van der Waals surface area contributed by atoms with Gasteiger partial charge in [0.15, 0.2) is 0 Å². The Morgan fingerprint density at radius 1 is 1.25 bits per heavy atom. The van der Waals surface area contributed by atoms with Gasteiger partial charge in [0.05, 0.1) is 5.92 Å². The van der Waals surface area contributed by atoms with Crippen molar-refractivity contribution in [2.24, 2.45) is 17.8 Å². The average molecular weight is 292 g/mol. The molecule has 3 nitrogen and oxygen atoms in total. The number of amides is 1. The van der Waals surface area contributed by atoms with E-state index < -0.39 is 18.0 Å². The lowest BCUT2D eigenvalue weighted by atomic mass is 9.80. The maximum absolute atomic E-state index is 12.8. The third-order valence-corrected chi connectivity index (χ3v) is 4.66. The first-order valence-corrected chi connectivity index (χ1v) is 7.45. The van der Waals surface area contributed by atoms with Gasteiger partial charge < -0.3 is 10.6 Å². The van der Waals surface area contributed by atoms with E-state index in [1.54, 1.807) is 0 Å². The van der Waals surface area contributed by atoms with E-state index in [1.165, 1.54) is 0 Å². The van der Waals surface area contributed by atoms with E-state index in [0.717, 1.165) is 13.0 Å². The van der Waals surface area contributed by atoms with Crippen molar-refractivity contribution in [3.63, 3.8) is 0 Å². The number of nitrogens with one attached hydrogen (secondary N) is 2. The van der Waals surface area contributed by atoms with E-state index in [0.29, 0.717) is 25.3 Å². The Hall–Kier alpha value is -0.780. The van der Waals surface area contributed by atoms with E-state index in [9.17, 15) is 18.0 Å². The number of carbonyl (C=O) groups excluding carboxylic acids is 1. The molecule has 0 aromatic carbocycles. The monoisotopic (exact) mass is 292 g/mol. The molecule has 1 aliphatic heterocycles. The van der Waals surface area contributed by atoms with Crippen LogP contribution < -0.4 is 10.6 Å². The van der Waals surface area contributed by atoms with E-state index in [-0.39, 0.29) is 24.8 Å². The standard InChI is InChI=1S/C14H23F3N2O/c1-9-5-6-18-8-12(9)19-13(20)10-3-2-4-11(7-10)14(15,16)17/h9-12,18H,2-8H2,1H3,(H,19,20). The molecular weight excluding hydrogens is 269 g/mol. The molecule has 0 spiro atoms. The Bertz CT molecular complexity index is 346. The second kappa shape index (κ2) is 6.33. The molecule has 2 fully saturated rings. The van der Waals surface area contributed by atoms with Crippen LogP contribution in [0, 0.1) is 17.8 Å². The molecule has 0 bridgehead atoms. The summed E-state index contributed by atoms with van der Waals surface area (Å²) in [5.41, 5.74) is 0. The SMILES string of the molecule is CC1CCNCC1NC(=O)C1CCCC(C(F)(F)F)C1. The fourth-order valence-corrected chi connectivity index (χ4v) is 3.21. The van der Waals surface area contributed by atoms with Crippen molar-refractivity contribution >= 4 is 5.91 Å². The van der Waals surface area contributed by atoms with Gasteiger partial charge in [-0.15, -0.1) is 0 Å². The Kier molecular flexibility index (Phi) is 4.94. The van der Waals surface area contributed by atoms with Crippen LogP contribution in [-0.4, -0.2) is 31.2 Å². The molecule has 2 N–H and O–H groups in total. The Morgan fingerprint density at radius 2 is 2.00 bits per heavy atom. The average Bonchev–Trinajstić information content (AvgIpc) is 2.40. The molecule has 2 aliphatic rings. The second-order valence-electron chi connectivity index (χ2n) is 6.19. The first-order chi connectivity index (χ1) is 9.38. The highest BCUT2D eigenvalue weighted by Crippen LogP contribution is 2.40. The molecule has 0 aromatic heterocycles. The van der Waals surface area contributed by atoms with Crippen LogP contribution in [-0.2, 0) is 4.79 Å². The molecule has 1 saturated carbocycles. The van der Waals surface area contributed by atoms with Crippen molar-refractivity contribution in [2.45, 2.75) is 51.2 Å². The normalized spacial score (nSPS) is 35.6. The first-order valence-electron chi connectivity index (χ1n) is 7.45. The van der Waals surface area contributed by atoms with Gasteiger partial charge in [-0.25, -0.2) is 0 Å². The minimum absolute atomic E-state index is 0.0440. The lowest BCUT2D eigenvalue weighted by Crippen LogP contribution is -2.52. The summed E-state index contributed by atoms with van der Waals surface area (Å²) in [6.45, 7) is 3.72. The van der Waals surface area contributed by atoms with Crippen molar-refractivity contribution in [3.05, 3.63) is 0 Å². The summed E-state index contributed by atoms with van der Waals surface area (Å²) in [5.74, 6) is -1.61. The van der Waals surface area contributed by atoms with Gasteiger partial charge in [-0.1, -0.05) is 13.3 Å². The summed E-state index contributed by atoms with van der Waals surface area (Å²) in [6, 6.07) is 0.0440. The molecule has 116 valence electrons. The van der Waals surface area contributed by atoms with Gasteiger partial charge in [-0.2, -0.15) is 13.2 Å². The van der Waals surface area contributed by atoms with Crippen molar-refractivity contribution in [1.29, 1.82) is 0 Å². The van der Waals surface area contributed by atoms with Crippen LogP contribution in [0.3, 0.4) is 0 Å². The van der Waals surface area contributed by atoms with Crippen molar-refractivity contribution in [2.75, 3.05) is 13.1 Å². The second-order valence-corrected chi connectivity index (χ2v) is 6.19. The number of piperidine rings is 1. The van der Waals surface area contributed by atoms with Gasteiger partial charge in [0.1, 0.15) is 0 Å². The molecule has 4 unspecified atom stereocenters. The van der Waals surface area contributed by atoms with Crippen LogP contribution in [0.15, 0.2) is 0 Å². The summed E-state index contributed by atoms with van der Waals surface area (Å²) in [4.78, 5) is 12.2. The number of hydrogen-bond acceptors (Lipinski definition) is 2. The molecule has 2 rings (SSSR count). The predicted molar refractivity (Wildman–Crippen MR) is 70.1 cm³/mol. The zero-order chi connectivity index (χ0) is 14.8. The topological polar surface area (TPSA) is 41.1 Å². The van der Waals surface area contributed by atoms with Gasteiger partial charge in [-0.05, 0) is 38.1 Å². The van der Waals surface area contributed by atoms with Crippen LogP contribution >= 0.6 is 0 Å². The lowest BCUT2D eigenvalue weighted by Gasteiger charge is -2.34. The van der Waals surface area contributed by atoms with Crippen LogP contribution in [0.25, 0.3) is 0 Å². The molecular formula is C14H23F3N2O. The number of rotatable bonds is 2. The highest BCUT2D eigenvalue weighted by atomic mass is 19.4. The van der Waals surface area contributed by atoms with Gasteiger partial charge >= 0.3 is 6.18 Å². The zero-order valence-corrected chi connectivity index (χ0v) is 11.8. The zero-order valence-electron chi connectivity index (χ0n) is 11.8. The summed E-state index contributed by atoms with van der Waals surface area (Å²) < 4.78 is 38.3. The van der Waals surface area contributed by atoms with Gasteiger partial charge in [-0.3, -0.25) is 4.79 Å². The quantitative estimate of drug-likeness (QED) is 0.821. The number of hydrogen-bond donors (Lipinski definition) is 2. The Labute approximate surface area is 117 Å². The van der Waals surface area contributed by atoms with E-state index in [2.05, 4.69) is 17.6 Å².